The lowest BCUT2D eigenvalue weighted by molar-refractivity contribution is -0.141. The normalized spacial score (nSPS) is 13.3. The van der Waals surface area contributed by atoms with Gasteiger partial charge in [0.1, 0.15) is 0 Å². The van der Waals surface area contributed by atoms with E-state index in [2.05, 4.69) is 5.32 Å². The summed E-state index contributed by atoms with van der Waals surface area (Å²) in [6.07, 6.45) is -0.485. The molecule has 0 spiro atoms. The average molecular weight is 283 g/mol. The first-order valence-corrected chi connectivity index (χ1v) is 5.84. The number of aromatic hydroxyl groups is 1. The number of rotatable bonds is 6. The number of carboxylic acids is 1. The Morgan fingerprint density at radius 2 is 2.05 bits per heavy atom. The van der Waals surface area contributed by atoms with Gasteiger partial charge in [-0.15, -0.1) is 0 Å². The van der Waals surface area contributed by atoms with Gasteiger partial charge >= 0.3 is 5.97 Å². The highest BCUT2D eigenvalue weighted by molar-refractivity contribution is 5.94. The standard InChI is InChI=1S/C13H17NO6/c1-13(19,6-11(16)17)7-14-12(18)8-3-4-10(20-2)9(15)5-8/h3-5,15,19H,6-7H2,1-2H3,(H,14,18)(H,16,17). The van der Waals surface area contributed by atoms with E-state index in [1.807, 2.05) is 0 Å². The summed E-state index contributed by atoms with van der Waals surface area (Å²) in [5.41, 5.74) is -1.37. The van der Waals surface area contributed by atoms with Crippen LogP contribution in [0.5, 0.6) is 11.5 Å². The van der Waals surface area contributed by atoms with Crippen LogP contribution in [-0.2, 0) is 4.79 Å². The molecule has 7 heteroatoms. The van der Waals surface area contributed by atoms with Crippen LogP contribution in [0.25, 0.3) is 0 Å². The molecule has 0 aliphatic rings. The van der Waals surface area contributed by atoms with Crippen molar-refractivity contribution < 1.29 is 29.6 Å². The van der Waals surface area contributed by atoms with Crippen molar-refractivity contribution >= 4 is 11.9 Å². The molecule has 1 aromatic rings. The molecule has 0 saturated heterocycles. The quantitative estimate of drug-likeness (QED) is 0.599. The molecular weight excluding hydrogens is 266 g/mol. The van der Waals surface area contributed by atoms with Gasteiger partial charge in [-0.1, -0.05) is 0 Å². The van der Waals surface area contributed by atoms with Crippen molar-refractivity contribution in [2.45, 2.75) is 18.9 Å². The molecule has 4 N–H and O–H groups in total. The zero-order valence-corrected chi connectivity index (χ0v) is 11.2. The summed E-state index contributed by atoms with van der Waals surface area (Å²) in [5, 5.41) is 30.3. The second kappa shape index (κ2) is 6.25. The predicted molar refractivity (Wildman–Crippen MR) is 69.9 cm³/mol. The predicted octanol–water partition coefficient (Wildman–Crippen LogP) is 0.356. The largest absolute Gasteiger partial charge is 0.504 e. The number of carboxylic acid groups (broad SMARTS) is 1. The minimum Gasteiger partial charge on any atom is -0.504 e. The number of methoxy groups -OCH3 is 1. The van der Waals surface area contributed by atoms with E-state index in [1.54, 1.807) is 0 Å². The first kappa shape index (κ1) is 15.8. The summed E-state index contributed by atoms with van der Waals surface area (Å²) in [5.74, 6) is -1.64. The van der Waals surface area contributed by atoms with E-state index >= 15 is 0 Å². The van der Waals surface area contributed by atoms with E-state index in [0.717, 1.165) is 0 Å². The van der Waals surface area contributed by atoms with Crippen LogP contribution in [0.15, 0.2) is 18.2 Å². The van der Waals surface area contributed by atoms with E-state index in [4.69, 9.17) is 9.84 Å². The van der Waals surface area contributed by atoms with Crippen molar-refractivity contribution in [1.82, 2.24) is 5.32 Å². The smallest absolute Gasteiger partial charge is 0.306 e. The number of phenols is 1. The van der Waals surface area contributed by atoms with Crippen LogP contribution in [-0.4, -0.2) is 46.5 Å². The molecule has 0 radical (unpaired) electrons. The summed E-state index contributed by atoms with van der Waals surface area (Å²) in [6.45, 7) is 1.10. The number of ether oxygens (including phenoxy) is 1. The van der Waals surface area contributed by atoms with Crippen LogP contribution in [0.4, 0.5) is 0 Å². The molecule has 0 heterocycles. The molecule has 7 nitrogen and oxygen atoms in total. The average Bonchev–Trinajstić information content (AvgIpc) is 2.34. The Labute approximate surface area is 115 Å². The fourth-order valence-electron chi connectivity index (χ4n) is 1.59. The fourth-order valence-corrected chi connectivity index (χ4v) is 1.59. The number of aliphatic carboxylic acids is 1. The summed E-state index contributed by atoms with van der Waals surface area (Å²) >= 11 is 0. The van der Waals surface area contributed by atoms with Crippen molar-refractivity contribution in [3.8, 4) is 11.5 Å². The molecule has 0 bridgehead atoms. The van der Waals surface area contributed by atoms with Crippen LogP contribution in [0.3, 0.4) is 0 Å². The molecule has 1 aromatic carbocycles. The van der Waals surface area contributed by atoms with Gasteiger partial charge < -0.3 is 25.4 Å². The minimum absolute atomic E-state index is 0.175. The Morgan fingerprint density at radius 1 is 1.40 bits per heavy atom. The van der Waals surface area contributed by atoms with Crippen molar-refractivity contribution in [3.63, 3.8) is 0 Å². The number of carbonyl (C=O) groups excluding carboxylic acids is 1. The molecule has 0 aromatic heterocycles. The zero-order chi connectivity index (χ0) is 15.3. The van der Waals surface area contributed by atoms with Gasteiger partial charge in [0.05, 0.1) is 19.1 Å². The Balaban J connectivity index is 2.68. The number of nitrogens with one attached hydrogen (secondary N) is 1. The number of carbonyl (C=O) groups is 2. The monoisotopic (exact) mass is 283 g/mol. The van der Waals surface area contributed by atoms with Crippen molar-refractivity contribution in [2.75, 3.05) is 13.7 Å². The maximum atomic E-state index is 11.8. The summed E-state index contributed by atoms with van der Waals surface area (Å²) in [6, 6.07) is 4.10. The molecule has 0 aliphatic heterocycles. The maximum absolute atomic E-state index is 11.8. The lowest BCUT2D eigenvalue weighted by Gasteiger charge is -2.21. The molecule has 1 rings (SSSR count). The van der Waals surface area contributed by atoms with E-state index in [1.165, 1.54) is 32.2 Å². The van der Waals surface area contributed by atoms with Crippen LogP contribution >= 0.6 is 0 Å². The van der Waals surface area contributed by atoms with E-state index < -0.39 is 23.9 Å². The first-order chi connectivity index (χ1) is 9.25. The lowest BCUT2D eigenvalue weighted by atomic mass is 10.0. The van der Waals surface area contributed by atoms with Gasteiger partial charge in [0.2, 0.25) is 0 Å². The molecule has 1 unspecified atom stereocenters. The van der Waals surface area contributed by atoms with Crippen LogP contribution in [0.1, 0.15) is 23.7 Å². The number of aliphatic hydroxyl groups is 1. The molecule has 1 amide bonds. The molecular formula is C13H17NO6. The number of benzene rings is 1. The third-order valence-corrected chi connectivity index (χ3v) is 2.60. The number of phenolic OH excluding ortho intramolecular Hbond substituents is 1. The fraction of sp³-hybridized carbons (Fsp3) is 0.385. The molecule has 0 aliphatic carbocycles. The Kier molecular flexibility index (Phi) is 4.93. The van der Waals surface area contributed by atoms with Crippen LogP contribution < -0.4 is 10.1 Å². The Morgan fingerprint density at radius 3 is 2.55 bits per heavy atom. The molecule has 20 heavy (non-hydrogen) atoms. The second-order valence-electron chi connectivity index (χ2n) is 4.64. The highest BCUT2D eigenvalue weighted by Gasteiger charge is 2.25. The van der Waals surface area contributed by atoms with Crippen LogP contribution in [0.2, 0.25) is 0 Å². The van der Waals surface area contributed by atoms with E-state index in [0.29, 0.717) is 0 Å². The van der Waals surface area contributed by atoms with Crippen LogP contribution in [0, 0.1) is 0 Å². The molecule has 0 saturated carbocycles. The number of hydrogen-bond donors (Lipinski definition) is 4. The summed E-state index contributed by atoms with van der Waals surface area (Å²) in [4.78, 5) is 22.3. The maximum Gasteiger partial charge on any atom is 0.306 e. The third kappa shape index (κ3) is 4.43. The number of amides is 1. The van der Waals surface area contributed by atoms with Gasteiger partial charge in [0.25, 0.3) is 5.91 Å². The van der Waals surface area contributed by atoms with Gasteiger partial charge in [0, 0.05) is 12.1 Å². The van der Waals surface area contributed by atoms with E-state index in [-0.39, 0.29) is 23.6 Å². The first-order valence-electron chi connectivity index (χ1n) is 5.84. The van der Waals surface area contributed by atoms with Crippen molar-refractivity contribution in [2.24, 2.45) is 0 Å². The van der Waals surface area contributed by atoms with E-state index in [9.17, 15) is 19.8 Å². The van der Waals surface area contributed by atoms with Crippen molar-refractivity contribution in [3.05, 3.63) is 23.8 Å². The Hall–Kier alpha value is -2.28. The molecule has 1 atom stereocenters. The number of hydrogen-bond acceptors (Lipinski definition) is 5. The SMILES string of the molecule is COc1ccc(C(=O)NCC(C)(O)CC(=O)O)cc1O. The summed E-state index contributed by atoms with van der Waals surface area (Å²) in [7, 11) is 1.39. The van der Waals surface area contributed by atoms with Gasteiger partial charge in [0.15, 0.2) is 11.5 Å². The highest BCUT2D eigenvalue weighted by Crippen LogP contribution is 2.26. The van der Waals surface area contributed by atoms with Gasteiger partial charge in [-0.2, -0.15) is 0 Å². The minimum atomic E-state index is -1.55. The van der Waals surface area contributed by atoms with Crippen molar-refractivity contribution in [1.29, 1.82) is 0 Å². The Bertz CT molecular complexity index is 512. The zero-order valence-electron chi connectivity index (χ0n) is 11.2. The third-order valence-electron chi connectivity index (χ3n) is 2.60. The second-order valence-corrected chi connectivity index (χ2v) is 4.64. The summed E-state index contributed by atoms with van der Waals surface area (Å²) < 4.78 is 4.85. The van der Waals surface area contributed by atoms with Gasteiger partial charge in [-0.05, 0) is 25.1 Å². The van der Waals surface area contributed by atoms with Gasteiger partial charge in [-0.25, -0.2) is 0 Å². The molecule has 110 valence electrons. The molecule has 0 fully saturated rings. The highest BCUT2D eigenvalue weighted by atomic mass is 16.5. The lowest BCUT2D eigenvalue weighted by Crippen LogP contribution is -2.42. The topological polar surface area (TPSA) is 116 Å². The van der Waals surface area contributed by atoms with Gasteiger partial charge in [-0.3, -0.25) is 9.59 Å².